The van der Waals surface area contributed by atoms with Crippen molar-refractivity contribution in [1.82, 2.24) is 14.7 Å². The summed E-state index contributed by atoms with van der Waals surface area (Å²) in [5, 5.41) is 15.5. The van der Waals surface area contributed by atoms with Crippen molar-refractivity contribution in [3.8, 4) is 17.3 Å². The van der Waals surface area contributed by atoms with Crippen LogP contribution in [0, 0.1) is 12.7 Å². The monoisotopic (exact) mass is 483 g/mol. The van der Waals surface area contributed by atoms with Crippen molar-refractivity contribution in [1.29, 1.82) is 0 Å². The number of ether oxygens (including phenoxy) is 2. The molecule has 6 nitrogen and oxygen atoms in total. The standard InChI is InChI=1S/C28H38FN3O3/c1-5-7-17-34-20-25(33)18-31(21(3)6-2)19-27-22(4)30-32(24-11-9-8-10-12-24)28(27)35-26-15-13-23(29)14-16-26/h8-16,21,25,33H,5-7,17-20H2,1-4H3/t21-,25+/m1/s1. The van der Waals surface area contributed by atoms with Gasteiger partial charge in [-0.3, -0.25) is 4.90 Å². The summed E-state index contributed by atoms with van der Waals surface area (Å²) in [5.74, 6) is 0.801. The summed E-state index contributed by atoms with van der Waals surface area (Å²) in [6.07, 6.45) is 2.40. The molecule has 2 aromatic carbocycles. The highest BCUT2D eigenvalue weighted by Gasteiger charge is 2.24. The molecule has 1 aromatic heterocycles. The normalized spacial score (nSPS) is 13.2. The highest BCUT2D eigenvalue weighted by atomic mass is 19.1. The van der Waals surface area contributed by atoms with Gasteiger partial charge in [-0.05, 0) is 63.1 Å². The fourth-order valence-electron chi connectivity index (χ4n) is 3.83. The Morgan fingerprint density at radius 1 is 1.09 bits per heavy atom. The van der Waals surface area contributed by atoms with Crippen LogP contribution >= 0.6 is 0 Å². The Bertz CT molecular complexity index is 1020. The summed E-state index contributed by atoms with van der Waals surface area (Å²) < 4.78 is 27.2. The van der Waals surface area contributed by atoms with Crippen LogP contribution in [0.1, 0.15) is 51.3 Å². The van der Waals surface area contributed by atoms with Gasteiger partial charge in [0.25, 0.3) is 0 Å². The minimum atomic E-state index is -0.591. The number of unbranched alkanes of at least 4 members (excludes halogenated alkanes) is 1. The van der Waals surface area contributed by atoms with E-state index in [0.717, 1.165) is 36.2 Å². The second-order valence-electron chi connectivity index (χ2n) is 8.94. The lowest BCUT2D eigenvalue weighted by atomic mass is 10.1. The Morgan fingerprint density at radius 3 is 2.46 bits per heavy atom. The molecule has 2 atom stereocenters. The fraction of sp³-hybridized carbons (Fsp3) is 0.464. The number of aliphatic hydroxyl groups excluding tert-OH is 1. The highest BCUT2D eigenvalue weighted by molar-refractivity contribution is 5.43. The number of halogens is 1. The molecule has 0 radical (unpaired) electrons. The van der Waals surface area contributed by atoms with Crippen molar-refractivity contribution in [3.63, 3.8) is 0 Å². The molecule has 0 bridgehead atoms. The van der Waals surface area contributed by atoms with Crippen molar-refractivity contribution in [2.24, 2.45) is 0 Å². The molecule has 3 rings (SSSR count). The topological polar surface area (TPSA) is 59.8 Å². The zero-order chi connectivity index (χ0) is 25.2. The van der Waals surface area contributed by atoms with Crippen molar-refractivity contribution in [2.45, 2.75) is 65.6 Å². The highest BCUT2D eigenvalue weighted by Crippen LogP contribution is 2.32. The van der Waals surface area contributed by atoms with E-state index in [4.69, 9.17) is 14.6 Å². The number of benzene rings is 2. The summed E-state index contributed by atoms with van der Waals surface area (Å²) in [6.45, 7) is 10.4. The first-order valence-corrected chi connectivity index (χ1v) is 12.5. The Balaban J connectivity index is 1.90. The first-order chi connectivity index (χ1) is 16.9. The van der Waals surface area contributed by atoms with Crippen LogP contribution in [-0.2, 0) is 11.3 Å². The fourth-order valence-corrected chi connectivity index (χ4v) is 3.83. The van der Waals surface area contributed by atoms with E-state index >= 15 is 0 Å². The first kappa shape index (κ1) is 26.9. The van der Waals surface area contributed by atoms with E-state index in [-0.39, 0.29) is 11.9 Å². The van der Waals surface area contributed by atoms with Gasteiger partial charge in [0.1, 0.15) is 11.6 Å². The zero-order valence-electron chi connectivity index (χ0n) is 21.3. The van der Waals surface area contributed by atoms with E-state index in [9.17, 15) is 9.50 Å². The molecule has 0 aliphatic rings. The van der Waals surface area contributed by atoms with Crippen molar-refractivity contribution in [3.05, 3.63) is 71.7 Å². The van der Waals surface area contributed by atoms with Crippen LogP contribution in [0.2, 0.25) is 0 Å². The Kier molecular flexibility index (Phi) is 10.3. The zero-order valence-corrected chi connectivity index (χ0v) is 21.3. The number of rotatable bonds is 14. The molecule has 3 aromatic rings. The minimum absolute atomic E-state index is 0.235. The van der Waals surface area contributed by atoms with Crippen LogP contribution < -0.4 is 4.74 Å². The molecule has 0 saturated carbocycles. The predicted octanol–water partition coefficient (Wildman–Crippen LogP) is 5.89. The Hall–Kier alpha value is -2.74. The molecule has 0 fully saturated rings. The molecule has 35 heavy (non-hydrogen) atoms. The van der Waals surface area contributed by atoms with Gasteiger partial charge in [-0.2, -0.15) is 5.10 Å². The maximum atomic E-state index is 13.5. The molecule has 0 aliphatic heterocycles. The molecule has 1 N–H and O–H groups in total. The van der Waals surface area contributed by atoms with Crippen LogP contribution in [0.3, 0.4) is 0 Å². The molecule has 0 saturated heterocycles. The summed E-state index contributed by atoms with van der Waals surface area (Å²) >= 11 is 0. The van der Waals surface area contributed by atoms with Crippen LogP contribution in [-0.4, -0.2) is 51.7 Å². The Morgan fingerprint density at radius 2 is 1.80 bits per heavy atom. The number of para-hydroxylation sites is 1. The summed E-state index contributed by atoms with van der Waals surface area (Å²) in [4.78, 5) is 2.24. The van der Waals surface area contributed by atoms with Gasteiger partial charge >= 0.3 is 0 Å². The number of nitrogens with zero attached hydrogens (tertiary/aromatic N) is 3. The summed E-state index contributed by atoms with van der Waals surface area (Å²) in [6, 6.07) is 16.0. The quantitative estimate of drug-likeness (QED) is 0.290. The molecule has 0 aliphatic carbocycles. The lowest BCUT2D eigenvalue weighted by Gasteiger charge is -2.30. The maximum Gasteiger partial charge on any atom is 0.227 e. The van der Waals surface area contributed by atoms with Crippen molar-refractivity contribution < 1.29 is 19.0 Å². The van der Waals surface area contributed by atoms with Gasteiger partial charge in [-0.15, -0.1) is 0 Å². The largest absolute Gasteiger partial charge is 0.439 e. The van der Waals surface area contributed by atoms with Crippen molar-refractivity contribution >= 4 is 0 Å². The van der Waals surface area contributed by atoms with Gasteiger partial charge in [-0.1, -0.05) is 38.5 Å². The predicted molar refractivity (Wildman–Crippen MR) is 137 cm³/mol. The maximum absolute atomic E-state index is 13.5. The van der Waals surface area contributed by atoms with Gasteiger partial charge in [-0.25, -0.2) is 9.07 Å². The molecule has 190 valence electrons. The van der Waals surface area contributed by atoms with Gasteiger partial charge in [0.2, 0.25) is 5.88 Å². The van der Waals surface area contributed by atoms with E-state index in [1.54, 1.807) is 16.8 Å². The number of aryl methyl sites for hydroxylation is 1. The van der Waals surface area contributed by atoms with Crippen molar-refractivity contribution in [2.75, 3.05) is 19.8 Å². The van der Waals surface area contributed by atoms with E-state index in [2.05, 4.69) is 25.7 Å². The van der Waals surface area contributed by atoms with E-state index in [0.29, 0.717) is 37.9 Å². The van der Waals surface area contributed by atoms with Crippen LogP contribution in [0.5, 0.6) is 11.6 Å². The van der Waals surface area contributed by atoms with Gasteiger partial charge < -0.3 is 14.6 Å². The molecular formula is C28H38FN3O3. The molecule has 7 heteroatoms. The average Bonchev–Trinajstić information content (AvgIpc) is 3.17. The molecule has 0 spiro atoms. The number of hydrogen-bond donors (Lipinski definition) is 1. The lowest BCUT2D eigenvalue weighted by Crippen LogP contribution is -2.40. The number of hydrogen-bond acceptors (Lipinski definition) is 5. The van der Waals surface area contributed by atoms with E-state index < -0.39 is 6.10 Å². The van der Waals surface area contributed by atoms with Gasteiger partial charge in [0.05, 0.1) is 29.7 Å². The Labute approximate surface area is 208 Å². The lowest BCUT2D eigenvalue weighted by molar-refractivity contribution is 0.00658. The second-order valence-corrected chi connectivity index (χ2v) is 8.94. The molecule has 0 amide bonds. The third-order valence-corrected chi connectivity index (χ3v) is 6.14. The third kappa shape index (κ3) is 7.62. The molecule has 0 unspecified atom stereocenters. The number of aliphatic hydroxyl groups is 1. The van der Waals surface area contributed by atoms with E-state index in [1.165, 1.54) is 12.1 Å². The van der Waals surface area contributed by atoms with Crippen LogP contribution in [0.4, 0.5) is 4.39 Å². The van der Waals surface area contributed by atoms with Crippen LogP contribution in [0.15, 0.2) is 54.6 Å². The minimum Gasteiger partial charge on any atom is -0.439 e. The average molecular weight is 484 g/mol. The summed E-state index contributed by atoms with van der Waals surface area (Å²) in [5.41, 5.74) is 2.64. The van der Waals surface area contributed by atoms with Crippen LogP contribution in [0.25, 0.3) is 5.69 Å². The van der Waals surface area contributed by atoms with Gasteiger partial charge in [0, 0.05) is 25.7 Å². The summed E-state index contributed by atoms with van der Waals surface area (Å²) in [7, 11) is 0. The van der Waals surface area contributed by atoms with Gasteiger partial charge in [0.15, 0.2) is 0 Å². The molecular weight excluding hydrogens is 445 g/mol. The third-order valence-electron chi connectivity index (χ3n) is 6.14. The second kappa shape index (κ2) is 13.4. The number of aromatic nitrogens is 2. The van der Waals surface area contributed by atoms with E-state index in [1.807, 2.05) is 37.3 Å². The SMILES string of the molecule is CCCCOC[C@@H](O)CN(Cc1c(C)nn(-c2ccccc2)c1Oc1ccc(F)cc1)[C@H](C)CC. The molecule has 1 heterocycles. The first-order valence-electron chi connectivity index (χ1n) is 12.5. The smallest absolute Gasteiger partial charge is 0.227 e.